The van der Waals surface area contributed by atoms with Crippen molar-refractivity contribution in [3.8, 4) is 11.6 Å². The van der Waals surface area contributed by atoms with Crippen LogP contribution in [-0.2, 0) is 7.05 Å². The van der Waals surface area contributed by atoms with Crippen molar-refractivity contribution in [2.24, 2.45) is 7.05 Å². The summed E-state index contributed by atoms with van der Waals surface area (Å²) in [5.74, 6) is 0.376. The van der Waals surface area contributed by atoms with Gasteiger partial charge in [0.05, 0.1) is 17.3 Å². The number of ether oxygens (including phenoxy) is 1. The first-order chi connectivity index (χ1) is 8.06. The summed E-state index contributed by atoms with van der Waals surface area (Å²) in [4.78, 5) is 14.2. The monoisotopic (exact) mass is 234 g/mol. The molecule has 0 unspecified atom stereocenters. The lowest BCUT2D eigenvalue weighted by Gasteiger charge is -2.02. The van der Waals surface area contributed by atoms with E-state index in [0.29, 0.717) is 11.3 Å². The Labute approximate surface area is 96.8 Å². The minimum Gasteiger partial charge on any atom is -0.430 e. The van der Waals surface area contributed by atoms with Gasteiger partial charge in [0.25, 0.3) is 5.88 Å². The van der Waals surface area contributed by atoms with Crippen LogP contribution in [0.25, 0.3) is 0 Å². The van der Waals surface area contributed by atoms with E-state index in [1.165, 1.54) is 23.1 Å². The number of aromatic nitrogens is 3. The van der Waals surface area contributed by atoms with Gasteiger partial charge in [0.15, 0.2) is 5.75 Å². The molecule has 0 aliphatic rings. The zero-order chi connectivity index (χ0) is 12.4. The number of pyridine rings is 1. The molecular formula is C10H10N4O3. The molecule has 2 rings (SSSR count). The lowest BCUT2D eigenvalue weighted by atomic mass is 10.3. The summed E-state index contributed by atoms with van der Waals surface area (Å²) in [6.07, 6.45) is 4.58. The fourth-order valence-corrected chi connectivity index (χ4v) is 1.31. The summed E-state index contributed by atoms with van der Waals surface area (Å²) in [5.41, 5.74) is 0.545. The third kappa shape index (κ3) is 2.39. The van der Waals surface area contributed by atoms with E-state index < -0.39 is 4.92 Å². The molecule has 0 N–H and O–H groups in total. The molecule has 0 atom stereocenters. The summed E-state index contributed by atoms with van der Waals surface area (Å²) in [7, 11) is 1.73. The molecule has 0 saturated carbocycles. The molecule has 2 aromatic heterocycles. The highest BCUT2D eigenvalue weighted by atomic mass is 16.6. The molecule has 0 aliphatic heterocycles. The van der Waals surface area contributed by atoms with Crippen LogP contribution in [0.2, 0.25) is 0 Å². The van der Waals surface area contributed by atoms with Crippen LogP contribution in [0.4, 0.5) is 5.69 Å². The predicted molar refractivity (Wildman–Crippen MR) is 58.9 cm³/mol. The zero-order valence-electron chi connectivity index (χ0n) is 9.32. The SMILES string of the molecule is Cc1cnc(Oc2cnn(C)c2)c([N+](=O)[O-])c1. The Balaban J connectivity index is 2.35. The van der Waals surface area contributed by atoms with E-state index in [1.54, 1.807) is 20.2 Å². The first-order valence-electron chi connectivity index (χ1n) is 4.84. The van der Waals surface area contributed by atoms with Crippen LogP contribution in [0.1, 0.15) is 5.56 Å². The average Bonchev–Trinajstić information content (AvgIpc) is 2.66. The normalized spacial score (nSPS) is 10.2. The van der Waals surface area contributed by atoms with Gasteiger partial charge in [-0.25, -0.2) is 4.98 Å². The van der Waals surface area contributed by atoms with Gasteiger partial charge < -0.3 is 4.74 Å². The molecule has 7 nitrogen and oxygen atoms in total. The van der Waals surface area contributed by atoms with Crippen molar-refractivity contribution in [2.45, 2.75) is 6.92 Å². The van der Waals surface area contributed by atoms with E-state index >= 15 is 0 Å². The van der Waals surface area contributed by atoms with Gasteiger partial charge in [0.1, 0.15) is 0 Å². The van der Waals surface area contributed by atoms with E-state index in [2.05, 4.69) is 10.1 Å². The number of aryl methyl sites for hydroxylation is 2. The Morgan fingerprint density at radius 1 is 1.47 bits per heavy atom. The summed E-state index contributed by atoms with van der Waals surface area (Å²) in [5, 5.41) is 14.7. The van der Waals surface area contributed by atoms with Gasteiger partial charge in [-0.2, -0.15) is 5.10 Å². The van der Waals surface area contributed by atoms with Gasteiger partial charge in [-0.15, -0.1) is 0 Å². The fourth-order valence-electron chi connectivity index (χ4n) is 1.31. The molecule has 88 valence electrons. The second kappa shape index (κ2) is 4.20. The lowest BCUT2D eigenvalue weighted by molar-refractivity contribution is -0.386. The maximum absolute atomic E-state index is 10.8. The molecule has 0 aromatic carbocycles. The summed E-state index contributed by atoms with van der Waals surface area (Å²) >= 11 is 0. The van der Waals surface area contributed by atoms with Gasteiger partial charge >= 0.3 is 5.69 Å². The standard InChI is InChI=1S/C10H10N4O3/c1-7-3-9(14(15)16)10(11-4-7)17-8-5-12-13(2)6-8/h3-6H,1-2H3. The molecule has 0 fully saturated rings. The Morgan fingerprint density at radius 2 is 2.24 bits per heavy atom. The van der Waals surface area contributed by atoms with Crippen LogP contribution in [0, 0.1) is 17.0 Å². The van der Waals surface area contributed by atoms with Crippen molar-refractivity contribution >= 4 is 5.69 Å². The molecule has 0 saturated heterocycles. The molecule has 0 radical (unpaired) electrons. The van der Waals surface area contributed by atoms with Crippen molar-refractivity contribution in [3.05, 3.63) is 40.3 Å². The molecule has 0 amide bonds. The Morgan fingerprint density at radius 3 is 2.82 bits per heavy atom. The van der Waals surface area contributed by atoms with Gasteiger partial charge in [-0.3, -0.25) is 14.8 Å². The average molecular weight is 234 g/mol. The minimum absolute atomic E-state index is 0.0337. The number of hydrogen-bond donors (Lipinski definition) is 0. The Hall–Kier alpha value is -2.44. The predicted octanol–water partition coefficient (Wildman–Crippen LogP) is 1.82. The largest absolute Gasteiger partial charge is 0.430 e. The van der Waals surface area contributed by atoms with E-state index in [4.69, 9.17) is 4.74 Å². The van der Waals surface area contributed by atoms with Crippen LogP contribution in [0.5, 0.6) is 11.6 Å². The lowest BCUT2D eigenvalue weighted by Crippen LogP contribution is -1.96. The minimum atomic E-state index is -0.522. The molecule has 17 heavy (non-hydrogen) atoms. The highest BCUT2D eigenvalue weighted by Gasteiger charge is 2.18. The Bertz CT molecular complexity index is 564. The summed E-state index contributed by atoms with van der Waals surface area (Å²) in [6, 6.07) is 1.42. The van der Waals surface area contributed by atoms with Crippen molar-refractivity contribution in [1.82, 2.24) is 14.8 Å². The maximum atomic E-state index is 10.8. The van der Waals surface area contributed by atoms with Crippen LogP contribution in [-0.4, -0.2) is 19.7 Å². The summed E-state index contributed by atoms with van der Waals surface area (Å²) < 4.78 is 6.85. The van der Waals surface area contributed by atoms with Gasteiger partial charge in [-0.1, -0.05) is 0 Å². The fraction of sp³-hybridized carbons (Fsp3) is 0.200. The molecule has 7 heteroatoms. The van der Waals surface area contributed by atoms with Gasteiger partial charge in [0, 0.05) is 19.3 Å². The highest BCUT2D eigenvalue weighted by molar-refractivity contribution is 5.44. The molecule has 0 spiro atoms. The van der Waals surface area contributed by atoms with Crippen molar-refractivity contribution < 1.29 is 9.66 Å². The molecule has 0 bridgehead atoms. The zero-order valence-corrected chi connectivity index (χ0v) is 9.32. The van der Waals surface area contributed by atoms with Crippen molar-refractivity contribution in [1.29, 1.82) is 0 Å². The molecular weight excluding hydrogens is 224 g/mol. The second-order valence-corrected chi connectivity index (χ2v) is 3.55. The smallest absolute Gasteiger partial charge is 0.331 e. The first kappa shape index (κ1) is 11.1. The number of hydrogen-bond acceptors (Lipinski definition) is 5. The first-order valence-corrected chi connectivity index (χ1v) is 4.84. The molecule has 2 aromatic rings. The van der Waals surface area contributed by atoms with E-state index in [1.807, 2.05) is 0 Å². The second-order valence-electron chi connectivity index (χ2n) is 3.55. The summed E-state index contributed by atoms with van der Waals surface area (Å²) in [6.45, 7) is 1.73. The van der Waals surface area contributed by atoms with E-state index in [9.17, 15) is 10.1 Å². The van der Waals surface area contributed by atoms with Gasteiger partial charge in [0.2, 0.25) is 0 Å². The van der Waals surface area contributed by atoms with Crippen LogP contribution >= 0.6 is 0 Å². The maximum Gasteiger partial charge on any atom is 0.331 e. The molecule has 2 heterocycles. The van der Waals surface area contributed by atoms with Crippen LogP contribution in [0.15, 0.2) is 24.7 Å². The number of nitrogens with zero attached hydrogens (tertiary/aromatic N) is 4. The van der Waals surface area contributed by atoms with E-state index in [-0.39, 0.29) is 11.6 Å². The van der Waals surface area contributed by atoms with E-state index in [0.717, 1.165) is 0 Å². The molecule has 0 aliphatic carbocycles. The van der Waals surface area contributed by atoms with Gasteiger partial charge in [-0.05, 0) is 12.5 Å². The third-order valence-electron chi connectivity index (χ3n) is 2.06. The van der Waals surface area contributed by atoms with Crippen molar-refractivity contribution in [3.63, 3.8) is 0 Å². The Kier molecular flexibility index (Phi) is 2.73. The number of nitro groups is 1. The third-order valence-corrected chi connectivity index (χ3v) is 2.06. The number of rotatable bonds is 3. The van der Waals surface area contributed by atoms with Crippen LogP contribution < -0.4 is 4.74 Å². The highest BCUT2D eigenvalue weighted by Crippen LogP contribution is 2.28. The van der Waals surface area contributed by atoms with Crippen LogP contribution in [0.3, 0.4) is 0 Å². The van der Waals surface area contributed by atoms with Crippen molar-refractivity contribution in [2.75, 3.05) is 0 Å². The topological polar surface area (TPSA) is 83.1 Å². The quantitative estimate of drug-likeness (QED) is 0.597.